The lowest BCUT2D eigenvalue weighted by Gasteiger charge is -2.31. The minimum absolute atomic E-state index is 0.0408. The smallest absolute Gasteiger partial charge is 0.419 e. The number of benzene rings is 1. The molecule has 8 nitrogen and oxygen atoms in total. The Morgan fingerprint density at radius 1 is 1.18 bits per heavy atom. The Morgan fingerprint density at radius 2 is 1.94 bits per heavy atom. The molecule has 0 bridgehead atoms. The second-order valence-corrected chi connectivity index (χ2v) is 8.74. The average Bonchev–Trinajstić information content (AvgIpc) is 3.31. The number of halogens is 3. The highest BCUT2D eigenvalue weighted by Gasteiger charge is 2.33. The van der Waals surface area contributed by atoms with E-state index in [9.17, 15) is 18.0 Å². The fraction of sp³-hybridized carbons (Fsp3) is 0.409. The predicted octanol–water partition coefficient (Wildman–Crippen LogP) is 3.55. The summed E-state index contributed by atoms with van der Waals surface area (Å²) in [7, 11) is 0. The maximum absolute atomic E-state index is 13.1. The van der Waals surface area contributed by atoms with Gasteiger partial charge in [0.15, 0.2) is 5.65 Å². The maximum Gasteiger partial charge on any atom is 0.419 e. The summed E-state index contributed by atoms with van der Waals surface area (Å²) in [6.07, 6.45) is -1.14. The number of amides is 1. The Bertz CT molecular complexity index is 1230. The van der Waals surface area contributed by atoms with Crippen molar-refractivity contribution in [3.8, 4) is 5.75 Å². The van der Waals surface area contributed by atoms with E-state index in [2.05, 4.69) is 20.3 Å². The van der Waals surface area contributed by atoms with E-state index in [1.54, 1.807) is 0 Å². The van der Waals surface area contributed by atoms with Crippen LogP contribution in [-0.2, 0) is 17.3 Å². The highest BCUT2D eigenvalue weighted by Crippen LogP contribution is 2.42. The molecule has 0 aliphatic carbocycles. The van der Waals surface area contributed by atoms with Crippen molar-refractivity contribution >= 4 is 22.9 Å². The molecule has 0 atom stereocenters. The first-order valence-electron chi connectivity index (χ1n) is 10.5. The van der Waals surface area contributed by atoms with Crippen LogP contribution in [0.3, 0.4) is 0 Å². The molecular formula is C22H22F3N5O3. The van der Waals surface area contributed by atoms with Gasteiger partial charge in [0.2, 0.25) is 0 Å². The van der Waals surface area contributed by atoms with Crippen LogP contribution in [0.15, 0.2) is 30.7 Å². The van der Waals surface area contributed by atoms with E-state index in [1.807, 2.05) is 26.0 Å². The number of hydrogen-bond acceptors (Lipinski definition) is 6. The lowest BCUT2D eigenvalue weighted by atomic mass is 10.0. The molecule has 11 heteroatoms. The van der Waals surface area contributed by atoms with Gasteiger partial charge in [0.05, 0.1) is 36.3 Å². The van der Waals surface area contributed by atoms with Crippen molar-refractivity contribution in [3.63, 3.8) is 0 Å². The molecule has 1 amide bonds. The number of nitrogens with zero attached hydrogens (tertiary/aromatic N) is 4. The molecule has 2 aliphatic heterocycles. The van der Waals surface area contributed by atoms with Gasteiger partial charge >= 0.3 is 6.18 Å². The Labute approximate surface area is 187 Å². The number of carbonyl (C=O) groups excluding carboxylic acids is 1. The quantitative estimate of drug-likeness (QED) is 0.643. The molecule has 1 N–H and O–H groups in total. The molecule has 0 radical (unpaired) electrons. The number of hydrogen-bond donors (Lipinski definition) is 1. The topological polar surface area (TPSA) is 81.0 Å². The van der Waals surface area contributed by atoms with Crippen LogP contribution in [0.2, 0.25) is 0 Å². The van der Waals surface area contributed by atoms with Gasteiger partial charge < -0.3 is 19.7 Å². The molecule has 33 heavy (non-hydrogen) atoms. The number of morpholine rings is 1. The van der Waals surface area contributed by atoms with E-state index in [0.717, 1.165) is 27.7 Å². The van der Waals surface area contributed by atoms with Gasteiger partial charge in [0.1, 0.15) is 16.9 Å². The van der Waals surface area contributed by atoms with Gasteiger partial charge in [-0.2, -0.15) is 18.3 Å². The summed E-state index contributed by atoms with van der Waals surface area (Å²) in [5.41, 5.74) is 1.18. The second-order valence-electron chi connectivity index (χ2n) is 8.74. The average molecular weight is 461 g/mol. The molecule has 174 valence electrons. The first-order chi connectivity index (χ1) is 15.6. The van der Waals surface area contributed by atoms with Crippen LogP contribution in [0, 0.1) is 0 Å². The normalized spacial score (nSPS) is 17.7. The van der Waals surface area contributed by atoms with E-state index < -0.39 is 17.6 Å². The molecule has 1 fully saturated rings. The minimum Gasteiger partial charge on any atom is -0.487 e. The molecule has 2 aromatic heterocycles. The van der Waals surface area contributed by atoms with Crippen LogP contribution in [0.1, 0.15) is 35.3 Å². The van der Waals surface area contributed by atoms with E-state index in [0.29, 0.717) is 44.6 Å². The fourth-order valence-corrected chi connectivity index (χ4v) is 4.18. The highest BCUT2D eigenvalue weighted by molar-refractivity contribution is 6.09. The standard InChI is InChI=1S/C22H22F3N5O3/c1-21(2)9-13-7-16(17(8-18(13)33-21)29-3-5-32-6-4-29)28-20(31)15-11-27-30-12-14(22(23,24)25)10-26-19(15)30/h7-8,10-12H,3-6,9H2,1-2H3,(H,28,31). The summed E-state index contributed by atoms with van der Waals surface area (Å²) in [4.78, 5) is 19.1. The van der Waals surface area contributed by atoms with Crippen molar-refractivity contribution in [1.82, 2.24) is 14.6 Å². The molecule has 3 aromatic rings. The Hall–Kier alpha value is -3.34. The first-order valence-corrected chi connectivity index (χ1v) is 10.5. The number of ether oxygens (including phenoxy) is 2. The number of aromatic nitrogens is 3. The van der Waals surface area contributed by atoms with Crippen LogP contribution < -0.4 is 15.0 Å². The van der Waals surface area contributed by atoms with Gasteiger partial charge in [0, 0.05) is 43.5 Å². The van der Waals surface area contributed by atoms with Crippen LogP contribution in [0.4, 0.5) is 24.5 Å². The summed E-state index contributed by atoms with van der Waals surface area (Å²) >= 11 is 0. The molecule has 5 rings (SSSR count). The lowest BCUT2D eigenvalue weighted by Crippen LogP contribution is -2.36. The van der Waals surface area contributed by atoms with Gasteiger partial charge in [-0.25, -0.2) is 9.50 Å². The third-order valence-electron chi connectivity index (χ3n) is 5.71. The van der Waals surface area contributed by atoms with E-state index >= 15 is 0 Å². The SMILES string of the molecule is CC1(C)Cc2cc(NC(=O)c3cnn4cc(C(F)(F)F)cnc34)c(N3CCOCC3)cc2O1. The summed E-state index contributed by atoms with van der Waals surface area (Å²) in [6.45, 7) is 6.44. The third-order valence-corrected chi connectivity index (χ3v) is 5.71. The van der Waals surface area contributed by atoms with Crippen LogP contribution in [-0.4, -0.2) is 52.4 Å². The van der Waals surface area contributed by atoms with Crippen molar-refractivity contribution in [2.24, 2.45) is 0 Å². The summed E-state index contributed by atoms with van der Waals surface area (Å²) < 4.78 is 51.4. The lowest BCUT2D eigenvalue weighted by molar-refractivity contribution is -0.138. The maximum atomic E-state index is 13.1. The summed E-state index contributed by atoms with van der Waals surface area (Å²) in [6, 6.07) is 3.82. The molecule has 4 heterocycles. The van der Waals surface area contributed by atoms with Crippen LogP contribution in [0.25, 0.3) is 5.65 Å². The fourth-order valence-electron chi connectivity index (χ4n) is 4.18. The van der Waals surface area contributed by atoms with Crippen LogP contribution in [0.5, 0.6) is 5.75 Å². The van der Waals surface area contributed by atoms with Crippen molar-refractivity contribution in [2.45, 2.75) is 32.0 Å². The molecule has 2 aliphatic rings. The third kappa shape index (κ3) is 4.08. The number of anilines is 2. The van der Waals surface area contributed by atoms with Gasteiger partial charge in [0.25, 0.3) is 5.91 Å². The van der Waals surface area contributed by atoms with E-state index in [-0.39, 0.29) is 16.8 Å². The molecular weight excluding hydrogens is 439 g/mol. The largest absolute Gasteiger partial charge is 0.487 e. The first kappa shape index (κ1) is 21.5. The molecule has 1 aromatic carbocycles. The van der Waals surface area contributed by atoms with E-state index in [1.165, 1.54) is 6.20 Å². The Kier molecular flexibility index (Phi) is 4.96. The Balaban J connectivity index is 1.49. The molecule has 0 spiro atoms. The number of fused-ring (bicyclic) bond motifs is 2. The highest BCUT2D eigenvalue weighted by atomic mass is 19.4. The Morgan fingerprint density at radius 3 is 2.67 bits per heavy atom. The molecule has 0 unspecified atom stereocenters. The zero-order valence-corrected chi connectivity index (χ0v) is 18.1. The number of carbonyl (C=O) groups is 1. The van der Waals surface area contributed by atoms with Crippen molar-refractivity contribution in [2.75, 3.05) is 36.5 Å². The van der Waals surface area contributed by atoms with Gasteiger partial charge in [-0.3, -0.25) is 4.79 Å². The van der Waals surface area contributed by atoms with Crippen molar-refractivity contribution in [1.29, 1.82) is 0 Å². The van der Waals surface area contributed by atoms with Gasteiger partial charge in [-0.05, 0) is 19.9 Å². The summed E-state index contributed by atoms with van der Waals surface area (Å²) in [5.74, 6) is 0.265. The van der Waals surface area contributed by atoms with Crippen LogP contribution >= 0.6 is 0 Å². The second kappa shape index (κ2) is 7.62. The van der Waals surface area contributed by atoms with Crippen molar-refractivity contribution in [3.05, 3.63) is 47.4 Å². The van der Waals surface area contributed by atoms with E-state index in [4.69, 9.17) is 9.47 Å². The number of rotatable bonds is 3. The monoisotopic (exact) mass is 461 g/mol. The minimum atomic E-state index is -4.55. The zero-order chi connectivity index (χ0) is 23.4. The predicted molar refractivity (Wildman–Crippen MR) is 114 cm³/mol. The number of nitrogens with one attached hydrogen (secondary N) is 1. The number of alkyl halides is 3. The molecule has 0 saturated carbocycles. The zero-order valence-electron chi connectivity index (χ0n) is 18.1. The van der Waals surface area contributed by atoms with Gasteiger partial charge in [-0.15, -0.1) is 0 Å². The summed E-state index contributed by atoms with van der Waals surface area (Å²) in [5, 5.41) is 6.80. The molecule has 1 saturated heterocycles. The van der Waals surface area contributed by atoms with Crippen molar-refractivity contribution < 1.29 is 27.4 Å². The van der Waals surface area contributed by atoms with Gasteiger partial charge in [-0.1, -0.05) is 0 Å².